The summed E-state index contributed by atoms with van der Waals surface area (Å²) in [5, 5.41) is 21.2. The standard InChI is InChI=1S/C13H14Cl2N2O2/c14-10-5-6-11(13(15)9(10)8-16)17-7-3-1-2-4-12(18)19/h5-6,17H,1-4,7H2,(H,18,19). The minimum absolute atomic E-state index is 0.195. The van der Waals surface area contributed by atoms with Gasteiger partial charge in [0.15, 0.2) is 0 Å². The Labute approximate surface area is 121 Å². The van der Waals surface area contributed by atoms with Gasteiger partial charge in [-0.1, -0.05) is 29.6 Å². The van der Waals surface area contributed by atoms with Gasteiger partial charge in [0.1, 0.15) is 6.07 Å². The van der Waals surface area contributed by atoms with E-state index in [1.807, 2.05) is 6.07 Å². The minimum atomic E-state index is -0.771. The van der Waals surface area contributed by atoms with E-state index in [1.165, 1.54) is 0 Å². The minimum Gasteiger partial charge on any atom is -0.481 e. The first kappa shape index (κ1) is 15.6. The molecule has 1 rings (SSSR count). The van der Waals surface area contributed by atoms with E-state index in [-0.39, 0.29) is 12.0 Å². The third-order valence-corrected chi connectivity index (χ3v) is 3.29. The third-order valence-electron chi connectivity index (χ3n) is 2.59. The molecule has 0 fully saturated rings. The molecule has 0 aliphatic carbocycles. The first-order valence-electron chi connectivity index (χ1n) is 5.90. The highest BCUT2D eigenvalue weighted by Crippen LogP contribution is 2.30. The van der Waals surface area contributed by atoms with Gasteiger partial charge in [-0.3, -0.25) is 4.79 Å². The van der Waals surface area contributed by atoms with Crippen LogP contribution in [0.1, 0.15) is 31.2 Å². The van der Waals surface area contributed by atoms with Crippen molar-refractivity contribution >= 4 is 34.9 Å². The number of halogens is 2. The van der Waals surface area contributed by atoms with E-state index < -0.39 is 5.97 Å². The van der Waals surface area contributed by atoms with Crippen molar-refractivity contribution in [2.24, 2.45) is 0 Å². The van der Waals surface area contributed by atoms with Crippen molar-refractivity contribution in [1.29, 1.82) is 5.26 Å². The van der Waals surface area contributed by atoms with Crippen LogP contribution in [0.25, 0.3) is 0 Å². The fourth-order valence-corrected chi connectivity index (χ4v) is 2.11. The van der Waals surface area contributed by atoms with Crippen LogP contribution in [0.3, 0.4) is 0 Å². The van der Waals surface area contributed by atoms with Gasteiger partial charge >= 0.3 is 5.97 Å². The summed E-state index contributed by atoms with van der Waals surface area (Å²) in [7, 11) is 0. The second-order valence-electron chi connectivity index (χ2n) is 4.03. The number of carboxylic acids is 1. The van der Waals surface area contributed by atoms with Gasteiger partial charge in [-0.05, 0) is 25.0 Å². The molecule has 0 aromatic heterocycles. The maximum Gasteiger partial charge on any atom is 0.303 e. The first-order valence-corrected chi connectivity index (χ1v) is 6.65. The number of carbonyl (C=O) groups is 1. The van der Waals surface area contributed by atoms with Gasteiger partial charge in [0.25, 0.3) is 0 Å². The summed E-state index contributed by atoms with van der Waals surface area (Å²) in [5.41, 5.74) is 0.931. The summed E-state index contributed by atoms with van der Waals surface area (Å²) in [4.78, 5) is 10.3. The monoisotopic (exact) mass is 300 g/mol. The number of aliphatic carboxylic acids is 1. The molecular formula is C13H14Cl2N2O2. The smallest absolute Gasteiger partial charge is 0.303 e. The molecule has 0 aliphatic rings. The van der Waals surface area contributed by atoms with Gasteiger partial charge in [0.2, 0.25) is 0 Å². The molecule has 0 aliphatic heterocycles. The number of rotatable bonds is 7. The molecule has 0 unspecified atom stereocenters. The van der Waals surface area contributed by atoms with Gasteiger partial charge in [0.05, 0.1) is 21.3 Å². The second-order valence-corrected chi connectivity index (χ2v) is 4.81. The Morgan fingerprint density at radius 3 is 2.68 bits per heavy atom. The van der Waals surface area contributed by atoms with Crippen LogP contribution in [0, 0.1) is 11.3 Å². The van der Waals surface area contributed by atoms with Crippen molar-refractivity contribution in [3.05, 3.63) is 27.7 Å². The molecular weight excluding hydrogens is 287 g/mol. The highest BCUT2D eigenvalue weighted by molar-refractivity contribution is 6.38. The van der Waals surface area contributed by atoms with Gasteiger partial charge < -0.3 is 10.4 Å². The van der Waals surface area contributed by atoms with Gasteiger partial charge in [-0.15, -0.1) is 0 Å². The molecule has 4 nitrogen and oxygen atoms in total. The Kier molecular flexibility index (Phi) is 6.48. The van der Waals surface area contributed by atoms with E-state index >= 15 is 0 Å². The zero-order valence-corrected chi connectivity index (χ0v) is 11.8. The third kappa shape index (κ3) is 4.98. The molecule has 0 bridgehead atoms. The van der Waals surface area contributed by atoms with Crippen molar-refractivity contribution in [3.8, 4) is 6.07 Å². The summed E-state index contributed by atoms with van der Waals surface area (Å²) in [6, 6.07) is 5.31. The molecule has 0 spiro atoms. The summed E-state index contributed by atoms with van der Waals surface area (Å²) in [6.07, 6.45) is 2.53. The number of carboxylic acid groups (broad SMARTS) is 1. The molecule has 6 heteroatoms. The molecule has 102 valence electrons. The number of benzene rings is 1. The van der Waals surface area contributed by atoms with Crippen molar-refractivity contribution in [1.82, 2.24) is 0 Å². The highest BCUT2D eigenvalue weighted by atomic mass is 35.5. The predicted octanol–water partition coefficient (Wildman–Crippen LogP) is 3.92. The maximum absolute atomic E-state index is 10.3. The topological polar surface area (TPSA) is 73.1 Å². The highest BCUT2D eigenvalue weighted by Gasteiger charge is 2.09. The average Bonchev–Trinajstić information content (AvgIpc) is 2.36. The summed E-state index contributed by atoms with van der Waals surface area (Å²) < 4.78 is 0. The molecule has 2 N–H and O–H groups in total. The van der Waals surface area contributed by atoms with E-state index in [0.717, 1.165) is 12.8 Å². The SMILES string of the molecule is N#Cc1c(Cl)ccc(NCCCCCC(=O)O)c1Cl. The lowest BCUT2D eigenvalue weighted by Crippen LogP contribution is -2.03. The largest absolute Gasteiger partial charge is 0.481 e. The summed E-state index contributed by atoms with van der Waals surface area (Å²) >= 11 is 11.9. The van der Waals surface area contributed by atoms with Crippen LogP contribution in [0.5, 0.6) is 0 Å². The van der Waals surface area contributed by atoms with Crippen molar-refractivity contribution in [2.75, 3.05) is 11.9 Å². The number of hydrogen-bond acceptors (Lipinski definition) is 3. The summed E-state index contributed by atoms with van der Waals surface area (Å²) in [6.45, 7) is 0.672. The Bertz CT molecular complexity index is 498. The Balaban J connectivity index is 2.42. The molecule has 0 radical (unpaired) electrons. The molecule has 1 aromatic carbocycles. The first-order chi connectivity index (χ1) is 9.06. The van der Waals surface area contributed by atoms with Crippen LogP contribution in [0.2, 0.25) is 10.0 Å². The Morgan fingerprint density at radius 2 is 2.05 bits per heavy atom. The zero-order chi connectivity index (χ0) is 14.3. The number of unbranched alkanes of at least 4 members (excludes halogenated alkanes) is 2. The fraction of sp³-hybridized carbons (Fsp3) is 0.385. The molecule has 0 atom stereocenters. The van der Waals surface area contributed by atoms with Gasteiger partial charge in [0, 0.05) is 13.0 Å². The normalized spacial score (nSPS) is 9.95. The summed E-state index contributed by atoms with van der Waals surface area (Å²) in [5.74, 6) is -0.771. The van der Waals surface area contributed by atoms with Crippen LogP contribution >= 0.6 is 23.2 Å². The fourth-order valence-electron chi connectivity index (χ4n) is 1.59. The van der Waals surface area contributed by atoms with Gasteiger partial charge in [-0.25, -0.2) is 0 Å². The van der Waals surface area contributed by atoms with Crippen molar-refractivity contribution < 1.29 is 9.90 Å². The lowest BCUT2D eigenvalue weighted by atomic mass is 10.2. The maximum atomic E-state index is 10.3. The zero-order valence-electron chi connectivity index (χ0n) is 10.2. The molecule has 0 amide bonds. The molecule has 0 saturated heterocycles. The van der Waals surface area contributed by atoms with Crippen LogP contribution < -0.4 is 5.32 Å². The molecule has 1 aromatic rings. The lowest BCUT2D eigenvalue weighted by Gasteiger charge is -2.09. The van der Waals surface area contributed by atoms with E-state index in [9.17, 15) is 4.79 Å². The van der Waals surface area contributed by atoms with Crippen LogP contribution in [-0.2, 0) is 4.79 Å². The molecule has 19 heavy (non-hydrogen) atoms. The number of nitrogens with zero attached hydrogens (tertiary/aromatic N) is 1. The number of nitriles is 1. The van der Waals surface area contributed by atoms with Crippen LogP contribution in [0.15, 0.2) is 12.1 Å². The second kappa shape index (κ2) is 7.88. The van der Waals surface area contributed by atoms with E-state index in [2.05, 4.69) is 5.32 Å². The lowest BCUT2D eigenvalue weighted by molar-refractivity contribution is -0.137. The molecule has 0 heterocycles. The number of nitrogens with one attached hydrogen (secondary N) is 1. The predicted molar refractivity (Wildman–Crippen MR) is 75.8 cm³/mol. The van der Waals surface area contributed by atoms with Crippen LogP contribution in [-0.4, -0.2) is 17.6 Å². The molecule has 0 saturated carbocycles. The van der Waals surface area contributed by atoms with Crippen molar-refractivity contribution in [2.45, 2.75) is 25.7 Å². The van der Waals surface area contributed by atoms with Crippen molar-refractivity contribution in [3.63, 3.8) is 0 Å². The van der Waals surface area contributed by atoms with E-state index in [1.54, 1.807) is 12.1 Å². The van der Waals surface area contributed by atoms with Gasteiger partial charge in [-0.2, -0.15) is 5.26 Å². The van der Waals surface area contributed by atoms with E-state index in [0.29, 0.717) is 28.7 Å². The average molecular weight is 301 g/mol. The Hall–Kier alpha value is -1.44. The van der Waals surface area contributed by atoms with Crippen LogP contribution in [0.4, 0.5) is 5.69 Å². The van der Waals surface area contributed by atoms with E-state index in [4.69, 9.17) is 33.6 Å². The number of anilines is 1. The quantitative estimate of drug-likeness (QED) is 0.749. The Morgan fingerprint density at radius 1 is 1.32 bits per heavy atom. The number of hydrogen-bond donors (Lipinski definition) is 2.